The van der Waals surface area contributed by atoms with Crippen LogP contribution in [0, 0.1) is 0 Å². The van der Waals surface area contributed by atoms with Gasteiger partial charge in [-0.3, -0.25) is 5.43 Å². The first-order valence-electron chi connectivity index (χ1n) is 8.74. The second-order valence-corrected chi connectivity index (χ2v) is 7.19. The Morgan fingerprint density at radius 2 is 1.82 bits per heavy atom. The number of thiocarbonyl (C=S) groups is 1. The molecule has 144 valence electrons. The Hall–Kier alpha value is -2.34. The molecular formula is C21H19Cl2N3OS. The fourth-order valence-corrected chi connectivity index (χ4v) is 3.54. The first kappa shape index (κ1) is 20.4. The minimum Gasteiger partial charge on any atom is -0.486 e. The SMILES string of the molecule is CCNC(=S)N/N=C\c1cc(Cl)c(OCc2cccc3ccccc23)c(Cl)c1. The molecule has 3 aromatic carbocycles. The van der Waals surface area contributed by atoms with E-state index in [1.54, 1.807) is 18.3 Å². The normalized spacial score (nSPS) is 11.0. The smallest absolute Gasteiger partial charge is 0.186 e. The molecule has 4 nitrogen and oxygen atoms in total. The Labute approximate surface area is 179 Å². The molecule has 3 rings (SSSR count). The lowest BCUT2D eigenvalue weighted by atomic mass is 10.1. The van der Waals surface area contributed by atoms with E-state index in [-0.39, 0.29) is 0 Å². The van der Waals surface area contributed by atoms with Gasteiger partial charge >= 0.3 is 0 Å². The fraction of sp³-hybridized carbons (Fsp3) is 0.143. The van der Waals surface area contributed by atoms with Crippen LogP contribution in [0.3, 0.4) is 0 Å². The molecular weight excluding hydrogens is 413 g/mol. The van der Waals surface area contributed by atoms with Gasteiger partial charge in [-0.2, -0.15) is 5.10 Å². The number of halogens is 2. The van der Waals surface area contributed by atoms with Gasteiger partial charge in [-0.25, -0.2) is 0 Å². The molecule has 0 amide bonds. The summed E-state index contributed by atoms with van der Waals surface area (Å²) in [5, 5.41) is 10.6. The van der Waals surface area contributed by atoms with Crippen LogP contribution in [-0.2, 0) is 6.61 Å². The molecule has 0 aliphatic carbocycles. The molecule has 0 bridgehead atoms. The second kappa shape index (κ2) is 9.73. The Bertz CT molecular complexity index is 995. The summed E-state index contributed by atoms with van der Waals surface area (Å²) in [4.78, 5) is 0. The highest BCUT2D eigenvalue weighted by molar-refractivity contribution is 7.80. The van der Waals surface area contributed by atoms with Gasteiger partial charge in [0.25, 0.3) is 0 Å². The topological polar surface area (TPSA) is 45.7 Å². The van der Waals surface area contributed by atoms with Crippen LogP contribution in [0.25, 0.3) is 10.8 Å². The molecule has 3 aromatic rings. The summed E-state index contributed by atoms with van der Waals surface area (Å²) in [5.74, 6) is 0.449. The largest absolute Gasteiger partial charge is 0.486 e. The summed E-state index contributed by atoms with van der Waals surface area (Å²) in [7, 11) is 0. The predicted octanol–water partition coefficient (Wildman–Crippen LogP) is 5.54. The number of benzene rings is 3. The van der Waals surface area contributed by atoms with Crippen molar-refractivity contribution in [3.8, 4) is 5.75 Å². The molecule has 0 spiro atoms. The number of nitrogens with one attached hydrogen (secondary N) is 2. The third-order valence-electron chi connectivity index (χ3n) is 3.99. The van der Waals surface area contributed by atoms with E-state index in [1.807, 2.05) is 31.2 Å². The van der Waals surface area contributed by atoms with Crippen molar-refractivity contribution in [1.82, 2.24) is 10.7 Å². The molecule has 0 atom stereocenters. The van der Waals surface area contributed by atoms with Crippen LogP contribution < -0.4 is 15.5 Å². The van der Waals surface area contributed by atoms with Crippen LogP contribution in [0.1, 0.15) is 18.1 Å². The van der Waals surface area contributed by atoms with Gasteiger partial charge in [0.2, 0.25) is 0 Å². The number of fused-ring (bicyclic) bond motifs is 1. The maximum absolute atomic E-state index is 6.38. The van der Waals surface area contributed by atoms with Crippen LogP contribution in [0.5, 0.6) is 5.75 Å². The average Bonchev–Trinajstić information content (AvgIpc) is 2.67. The van der Waals surface area contributed by atoms with Gasteiger partial charge in [-0.15, -0.1) is 0 Å². The van der Waals surface area contributed by atoms with E-state index in [4.69, 9.17) is 40.2 Å². The number of ether oxygens (including phenoxy) is 1. The minimum atomic E-state index is 0.368. The van der Waals surface area contributed by atoms with Gasteiger partial charge in [-0.1, -0.05) is 65.7 Å². The van der Waals surface area contributed by atoms with Gasteiger partial charge in [0.15, 0.2) is 10.9 Å². The number of hydrogen-bond donors (Lipinski definition) is 2. The Morgan fingerprint density at radius 1 is 1.11 bits per heavy atom. The highest BCUT2D eigenvalue weighted by Gasteiger charge is 2.10. The zero-order valence-corrected chi connectivity index (χ0v) is 17.5. The van der Waals surface area contributed by atoms with E-state index in [0.717, 1.165) is 28.4 Å². The lowest BCUT2D eigenvalue weighted by molar-refractivity contribution is 0.308. The van der Waals surface area contributed by atoms with E-state index in [2.05, 4.69) is 34.0 Å². The van der Waals surface area contributed by atoms with Crippen molar-refractivity contribution < 1.29 is 4.74 Å². The third-order valence-corrected chi connectivity index (χ3v) is 4.79. The van der Waals surface area contributed by atoms with Crippen LogP contribution in [-0.4, -0.2) is 17.9 Å². The van der Waals surface area contributed by atoms with Crippen molar-refractivity contribution in [2.45, 2.75) is 13.5 Å². The van der Waals surface area contributed by atoms with Crippen LogP contribution in [0.2, 0.25) is 10.0 Å². The van der Waals surface area contributed by atoms with E-state index in [1.165, 1.54) is 0 Å². The lowest BCUT2D eigenvalue weighted by Crippen LogP contribution is -2.31. The van der Waals surface area contributed by atoms with Crippen LogP contribution in [0.15, 0.2) is 59.7 Å². The van der Waals surface area contributed by atoms with Gasteiger partial charge in [0, 0.05) is 6.54 Å². The molecule has 0 radical (unpaired) electrons. The van der Waals surface area contributed by atoms with E-state index in [0.29, 0.717) is 27.5 Å². The highest BCUT2D eigenvalue weighted by Crippen LogP contribution is 2.35. The molecule has 2 N–H and O–H groups in total. The quantitative estimate of drug-likeness (QED) is 0.305. The summed E-state index contributed by atoms with van der Waals surface area (Å²) in [6, 6.07) is 17.8. The summed E-state index contributed by atoms with van der Waals surface area (Å²) in [5.41, 5.74) is 4.52. The molecule has 0 aromatic heterocycles. The molecule has 7 heteroatoms. The lowest BCUT2D eigenvalue weighted by Gasteiger charge is -2.12. The molecule has 0 saturated carbocycles. The van der Waals surface area contributed by atoms with Crippen molar-refractivity contribution in [3.63, 3.8) is 0 Å². The van der Waals surface area contributed by atoms with Crippen molar-refractivity contribution in [1.29, 1.82) is 0 Å². The highest BCUT2D eigenvalue weighted by atomic mass is 35.5. The van der Waals surface area contributed by atoms with Gasteiger partial charge < -0.3 is 10.1 Å². The monoisotopic (exact) mass is 431 g/mol. The Balaban J connectivity index is 1.72. The first-order chi connectivity index (χ1) is 13.6. The molecule has 28 heavy (non-hydrogen) atoms. The van der Waals surface area contributed by atoms with Crippen LogP contribution >= 0.6 is 35.4 Å². The predicted molar refractivity (Wildman–Crippen MR) is 122 cm³/mol. The summed E-state index contributed by atoms with van der Waals surface area (Å²) in [6.45, 7) is 3.04. The van der Waals surface area contributed by atoms with E-state index in [9.17, 15) is 0 Å². The van der Waals surface area contributed by atoms with Crippen molar-refractivity contribution in [2.24, 2.45) is 5.10 Å². The number of nitrogens with zero attached hydrogens (tertiary/aromatic N) is 1. The van der Waals surface area contributed by atoms with E-state index < -0.39 is 0 Å². The Kier molecular flexibility index (Phi) is 7.09. The third kappa shape index (κ3) is 5.13. The molecule has 0 saturated heterocycles. The van der Waals surface area contributed by atoms with Gasteiger partial charge in [0.05, 0.1) is 16.3 Å². The zero-order valence-electron chi connectivity index (χ0n) is 15.2. The van der Waals surface area contributed by atoms with Gasteiger partial charge in [-0.05, 0) is 53.2 Å². The van der Waals surface area contributed by atoms with Crippen molar-refractivity contribution >= 4 is 57.5 Å². The molecule has 0 aliphatic rings. The fourth-order valence-electron chi connectivity index (χ4n) is 2.73. The molecule has 0 unspecified atom stereocenters. The molecule has 0 heterocycles. The second-order valence-electron chi connectivity index (χ2n) is 5.97. The number of hydrogen-bond acceptors (Lipinski definition) is 3. The van der Waals surface area contributed by atoms with Crippen molar-refractivity contribution in [3.05, 3.63) is 75.8 Å². The maximum atomic E-state index is 6.38. The zero-order chi connectivity index (χ0) is 19.9. The van der Waals surface area contributed by atoms with Crippen LogP contribution in [0.4, 0.5) is 0 Å². The Morgan fingerprint density at radius 3 is 2.57 bits per heavy atom. The van der Waals surface area contributed by atoms with E-state index >= 15 is 0 Å². The first-order valence-corrected chi connectivity index (χ1v) is 9.90. The van der Waals surface area contributed by atoms with Gasteiger partial charge in [0.1, 0.15) is 6.61 Å². The molecule has 0 fully saturated rings. The minimum absolute atomic E-state index is 0.368. The number of hydrazone groups is 1. The number of rotatable bonds is 6. The maximum Gasteiger partial charge on any atom is 0.186 e. The van der Waals surface area contributed by atoms with Crippen molar-refractivity contribution in [2.75, 3.05) is 6.54 Å². The summed E-state index contributed by atoms with van der Waals surface area (Å²) in [6.07, 6.45) is 1.59. The summed E-state index contributed by atoms with van der Waals surface area (Å²) >= 11 is 17.8. The molecule has 0 aliphatic heterocycles. The average molecular weight is 432 g/mol. The standard InChI is InChI=1S/C21H19Cl2N3OS/c1-2-24-21(28)26-25-12-14-10-18(22)20(19(23)11-14)27-13-16-8-5-7-15-6-3-4-9-17(15)16/h3-12H,2,13H2,1H3,(H2,24,26,28)/b25-12-. The summed E-state index contributed by atoms with van der Waals surface area (Å²) < 4.78 is 5.94.